The van der Waals surface area contributed by atoms with Gasteiger partial charge in [-0.15, -0.1) is 0 Å². The average molecular weight is 320 g/mol. The summed E-state index contributed by atoms with van der Waals surface area (Å²) in [7, 11) is 1.30. The van der Waals surface area contributed by atoms with Crippen molar-refractivity contribution in [3.05, 3.63) is 12.2 Å². The van der Waals surface area contributed by atoms with Crippen LogP contribution in [0.3, 0.4) is 0 Å². The third-order valence-corrected chi connectivity index (χ3v) is 5.80. The maximum absolute atomic E-state index is 12.5. The van der Waals surface area contributed by atoms with E-state index in [1.54, 1.807) is 0 Å². The van der Waals surface area contributed by atoms with Gasteiger partial charge in [-0.2, -0.15) is 0 Å². The van der Waals surface area contributed by atoms with Gasteiger partial charge in [-0.3, -0.25) is 14.4 Å². The first kappa shape index (κ1) is 14.7. The maximum atomic E-state index is 12.5. The van der Waals surface area contributed by atoms with Crippen LogP contribution >= 0.6 is 0 Å². The zero-order valence-electron chi connectivity index (χ0n) is 13.0. The van der Waals surface area contributed by atoms with Crippen molar-refractivity contribution in [3.8, 4) is 0 Å². The second kappa shape index (κ2) is 5.35. The van der Waals surface area contributed by atoms with Crippen molar-refractivity contribution in [2.75, 3.05) is 7.11 Å². The molecule has 23 heavy (non-hydrogen) atoms. The summed E-state index contributed by atoms with van der Waals surface area (Å²) in [6.07, 6.45) is 5.89. The van der Waals surface area contributed by atoms with Crippen LogP contribution in [0.15, 0.2) is 12.2 Å². The Morgan fingerprint density at radius 3 is 2.57 bits per heavy atom. The number of carbonyl (C=O) groups is 3. The fourth-order valence-corrected chi connectivity index (χ4v) is 4.58. The molecule has 2 saturated carbocycles. The summed E-state index contributed by atoms with van der Waals surface area (Å²) in [5.41, 5.74) is 0. The number of esters is 3. The van der Waals surface area contributed by atoms with Crippen LogP contribution in [-0.2, 0) is 28.6 Å². The Morgan fingerprint density at radius 1 is 1.09 bits per heavy atom. The molecular formula is C17H20O6. The van der Waals surface area contributed by atoms with Gasteiger partial charge in [-0.05, 0) is 24.7 Å². The summed E-state index contributed by atoms with van der Waals surface area (Å²) in [5.74, 6) is -1.43. The summed E-state index contributed by atoms with van der Waals surface area (Å²) >= 11 is 0. The van der Waals surface area contributed by atoms with Crippen molar-refractivity contribution in [2.45, 2.75) is 37.9 Å². The number of carbonyl (C=O) groups excluding carboxylic acids is 3. The summed E-state index contributed by atoms with van der Waals surface area (Å²) < 4.78 is 15.8. The number of methoxy groups -OCH3 is 1. The molecule has 0 amide bonds. The smallest absolute Gasteiger partial charge is 0.310 e. The number of rotatable bonds is 3. The SMILES string of the molecule is COC(=O)C1CC(OC(=O)C2CC3C=CC2C3)C2CC1C(=O)O2. The molecule has 0 aromatic rings. The molecule has 4 bridgehead atoms. The molecule has 3 fully saturated rings. The normalized spacial score (nSPS) is 43.3. The lowest BCUT2D eigenvalue weighted by molar-refractivity contribution is -0.167. The summed E-state index contributed by atoms with van der Waals surface area (Å²) in [6.45, 7) is 0. The van der Waals surface area contributed by atoms with E-state index in [2.05, 4.69) is 12.2 Å². The predicted octanol–water partition coefficient (Wildman–Crippen LogP) is 1.23. The average Bonchev–Trinajstić information content (AvgIpc) is 3.24. The highest BCUT2D eigenvalue weighted by atomic mass is 16.6. The lowest BCUT2D eigenvalue weighted by Gasteiger charge is -2.31. The van der Waals surface area contributed by atoms with Crippen LogP contribution < -0.4 is 0 Å². The van der Waals surface area contributed by atoms with Gasteiger partial charge in [0.15, 0.2) is 0 Å². The molecule has 1 saturated heterocycles. The highest BCUT2D eigenvalue weighted by Gasteiger charge is 2.54. The molecule has 0 N–H and O–H groups in total. The second-order valence-corrected chi connectivity index (χ2v) is 7.04. The summed E-state index contributed by atoms with van der Waals surface area (Å²) in [6, 6.07) is 0. The Labute approximate surface area is 134 Å². The summed E-state index contributed by atoms with van der Waals surface area (Å²) in [4.78, 5) is 36.3. The molecule has 4 rings (SSSR count). The van der Waals surface area contributed by atoms with Gasteiger partial charge in [0.1, 0.15) is 12.2 Å². The van der Waals surface area contributed by atoms with E-state index in [1.165, 1.54) is 7.11 Å². The molecule has 124 valence electrons. The molecule has 1 aliphatic heterocycles. The largest absolute Gasteiger partial charge is 0.469 e. The number of allylic oxidation sites excluding steroid dienone is 2. The van der Waals surface area contributed by atoms with Gasteiger partial charge in [-0.25, -0.2) is 0 Å². The van der Waals surface area contributed by atoms with Crippen molar-refractivity contribution < 1.29 is 28.6 Å². The van der Waals surface area contributed by atoms with E-state index in [-0.39, 0.29) is 23.8 Å². The molecule has 3 aliphatic carbocycles. The van der Waals surface area contributed by atoms with Crippen molar-refractivity contribution in [3.63, 3.8) is 0 Å². The first-order chi connectivity index (χ1) is 11.1. The molecule has 0 aromatic carbocycles. The van der Waals surface area contributed by atoms with Crippen LogP contribution in [0.25, 0.3) is 0 Å². The molecule has 0 aromatic heterocycles. The zero-order chi connectivity index (χ0) is 16.1. The Hall–Kier alpha value is -1.85. The summed E-state index contributed by atoms with van der Waals surface area (Å²) in [5, 5.41) is 0. The topological polar surface area (TPSA) is 78.9 Å². The molecule has 6 nitrogen and oxygen atoms in total. The molecule has 0 spiro atoms. The van der Waals surface area contributed by atoms with Crippen LogP contribution in [0, 0.1) is 29.6 Å². The van der Waals surface area contributed by atoms with Crippen LogP contribution in [-0.4, -0.2) is 37.2 Å². The fraction of sp³-hybridized carbons (Fsp3) is 0.706. The van der Waals surface area contributed by atoms with Crippen LogP contribution in [0.4, 0.5) is 0 Å². The van der Waals surface area contributed by atoms with Crippen molar-refractivity contribution >= 4 is 17.9 Å². The van der Waals surface area contributed by atoms with E-state index in [9.17, 15) is 14.4 Å². The third-order valence-electron chi connectivity index (χ3n) is 5.80. The van der Waals surface area contributed by atoms with Crippen LogP contribution in [0.1, 0.15) is 25.7 Å². The molecule has 7 atom stereocenters. The van der Waals surface area contributed by atoms with E-state index in [1.807, 2.05) is 0 Å². The van der Waals surface area contributed by atoms with Gasteiger partial charge >= 0.3 is 17.9 Å². The van der Waals surface area contributed by atoms with Crippen LogP contribution in [0.5, 0.6) is 0 Å². The lowest BCUT2D eigenvalue weighted by Crippen LogP contribution is -2.41. The molecule has 7 unspecified atom stereocenters. The Morgan fingerprint density at radius 2 is 1.91 bits per heavy atom. The van der Waals surface area contributed by atoms with Gasteiger partial charge < -0.3 is 14.2 Å². The maximum Gasteiger partial charge on any atom is 0.310 e. The van der Waals surface area contributed by atoms with Gasteiger partial charge in [0, 0.05) is 12.8 Å². The number of hydrogen-bond donors (Lipinski definition) is 0. The lowest BCUT2D eigenvalue weighted by atomic mass is 9.78. The first-order valence-corrected chi connectivity index (χ1v) is 8.24. The van der Waals surface area contributed by atoms with Gasteiger partial charge in [0.05, 0.1) is 24.9 Å². The van der Waals surface area contributed by atoms with Crippen molar-refractivity contribution in [1.29, 1.82) is 0 Å². The number of fused-ring (bicyclic) bond motifs is 4. The van der Waals surface area contributed by atoms with Gasteiger partial charge in [0.25, 0.3) is 0 Å². The van der Waals surface area contributed by atoms with E-state index in [0.717, 1.165) is 12.8 Å². The standard InChI is InChI=1S/C17H20O6/c1-21-15(18)11-6-13(14-7-12(11)17(20)23-14)22-16(19)10-5-8-2-3-9(10)4-8/h2-3,8-14H,4-7H2,1H3. The molecular weight excluding hydrogens is 300 g/mol. The van der Waals surface area contributed by atoms with Crippen molar-refractivity contribution in [1.82, 2.24) is 0 Å². The minimum Gasteiger partial charge on any atom is -0.469 e. The van der Waals surface area contributed by atoms with Gasteiger partial charge in [0.2, 0.25) is 0 Å². The van der Waals surface area contributed by atoms with E-state index < -0.39 is 30.0 Å². The van der Waals surface area contributed by atoms with Crippen LogP contribution in [0.2, 0.25) is 0 Å². The van der Waals surface area contributed by atoms with E-state index in [4.69, 9.17) is 14.2 Å². The number of ether oxygens (including phenoxy) is 3. The monoisotopic (exact) mass is 320 g/mol. The fourth-order valence-electron chi connectivity index (χ4n) is 4.58. The van der Waals surface area contributed by atoms with E-state index >= 15 is 0 Å². The minimum atomic E-state index is -0.580. The van der Waals surface area contributed by atoms with Crippen molar-refractivity contribution in [2.24, 2.45) is 29.6 Å². The minimum absolute atomic E-state index is 0.101. The zero-order valence-corrected chi connectivity index (χ0v) is 13.0. The third kappa shape index (κ3) is 2.35. The molecule has 1 heterocycles. The Balaban J connectivity index is 1.46. The van der Waals surface area contributed by atoms with Gasteiger partial charge in [-0.1, -0.05) is 12.2 Å². The Bertz CT molecular complexity index is 582. The molecule has 0 radical (unpaired) electrons. The second-order valence-electron chi connectivity index (χ2n) is 7.04. The highest BCUT2D eigenvalue weighted by molar-refractivity contribution is 5.84. The number of hydrogen-bond acceptors (Lipinski definition) is 6. The quantitative estimate of drug-likeness (QED) is 0.442. The molecule has 6 heteroatoms. The molecule has 4 aliphatic rings. The predicted molar refractivity (Wildman–Crippen MR) is 76.8 cm³/mol. The highest BCUT2D eigenvalue weighted by Crippen LogP contribution is 2.45. The Kier molecular flexibility index (Phi) is 3.43. The van der Waals surface area contributed by atoms with E-state index in [0.29, 0.717) is 18.8 Å². The first-order valence-electron chi connectivity index (χ1n) is 8.24.